The Balaban J connectivity index is 1.22. The molecule has 4 saturated carbocycles. The van der Waals surface area contributed by atoms with Crippen molar-refractivity contribution in [3.8, 4) is 0 Å². The maximum atomic E-state index is 13.7. The second-order valence-corrected chi connectivity index (χ2v) is 16.1. The van der Waals surface area contributed by atoms with E-state index in [-0.39, 0.29) is 41.0 Å². The summed E-state index contributed by atoms with van der Waals surface area (Å²) < 4.78 is 0. The van der Waals surface area contributed by atoms with Crippen molar-refractivity contribution in [2.24, 2.45) is 46.3 Å². The van der Waals surface area contributed by atoms with Gasteiger partial charge in [0.05, 0.1) is 18.3 Å². The van der Waals surface area contributed by atoms with Crippen molar-refractivity contribution in [1.29, 1.82) is 0 Å². The van der Waals surface area contributed by atoms with E-state index < -0.39 is 0 Å². The van der Waals surface area contributed by atoms with Gasteiger partial charge in [0.25, 0.3) is 0 Å². The average Bonchev–Trinajstić information content (AvgIpc) is 3.37. The molecule has 4 aliphatic carbocycles. The maximum absolute atomic E-state index is 13.7. The summed E-state index contributed by atoms with van der Waals surface area (Å²) in [4.78, 5) is 15.8. The van der Waals surface area contributed by atoms with Crippen LogP contribution in [0.2, 0.25) is 0 Å². The molecule has 4 aliphatic rings. The molecule has 0 radical (unpaired) electrons. The monoisotopic (exact) mass is 609 g/mol. The van der Waals surface area contributed by atoms with Crippen molar-refractivity contribution in [3.63, 3.8) is 0 Å². The molecule has 248 valence electrons. The molecular weight excluding hydrogens is 546 g/mol. The molecule has 5 heteroatoms. The van der Waals surface area contributed by atoms with Crippen LogP contribution < -0.4 is 0 Å². The highest BCUT2D eigenvalue weighted by atomic mass is 16.3. The summed E-state index contributed by atoms with van der Waals surface area (Å²) in [6.07, 6.45) is 14.1. The zero-order valence-corrected chi connectivity index (χ0v) is 28.3. The van der Waals surface area contributed by atoms with Gasteiger partial charge in [-0.25, -0.2) is 0 Å². The van der Waals surface area contributed by atoms with E-state index in [1.165, 1.54) is 37.7 Å². The summed E-state index contributed by atoms with van der Waals surface area (Å²) in [6.45, 7) is 10.8. The van der Waals surface area contributed by atoms with E-state index in [1.807, 2.05) is 6.07 Å². The molecule has 4 fully saturated rings. The van der Waals surface area contributed by atoms with Crippen LogP contribution in [0.25, 0.3) is 0 Å². The van der Waals surface area contributed by atoms with Gasteiger partial charge in [0.2, 0.25) is 5.91 Å². The Morgan fingerprint density at radius 1 is 0.932 bits per heavy atom. The standard InChI is InChI=1S/C39H63NO4/c1-5-6-7-8-9-13-22-40(26-28-14-11-10-12-15-28)36(44)19-16-27(2)31-17-18-32-37-33(25-35(43)39(31,32)4)38(3)21-20-30(41)23-29(38)24-34(37)42/h10-12,14-15,27,29-35,37,41-43H,5-9,13,16-26H2,1-4H3/t27-,29+,30-,31-,32+,33+,34-,35+,37+,38+,39-/m1/s1. The number of nitrogens with zero attached hydrogens (tertiary/aromatic N) is 1. The molecule has 5 rings (SSSR count). The summed E-state index contributed by atoms with van der Waals surface area (Å²) in [6, 6.07) is 10.4. The van der Waals surface area contributed by atoms with E-state index in [2.05, 4.69) is 56.9 Å². The lowest BCUT2D eigenvalue weighted by Gasteiger charge is -2.63. The number of carbonyl (C=O) groups is 1. The number of carbonyl (C=O) groups excluding carboxylic acids is 1. The predicted molar refractivity (Wildman–Crippen MR) is 178 cm³/mol. The third kappa shape index (κ3) is 6.81. The van der Waals surface area contributed by atoms with Crippen molar-refractivity contribution < 1.29 is 20.1 Å². The van der Waals surface area contributed by atoms with Crippen LogP contribution in [0.4, 0.5) is 0 Å². The molecule has 0 aromatic heterocycles. The van der Waals surface area contributed by atoms with Crippen LogP contribution in [-0.4, -0.2) is 51.0 Å². The Bertz CT molecular complexity index is 1060. The molecule has 1 amide bonds. The molecule has 0 bridgehead atoms. The number of fused-ring (bicyclic) bond motifs is 5. The summed E-state index contributed by atoms with van der Waals surface area (Å²) in [7, 11) is 0. The minimum absolute atomic E-state index is 0.0970. The highest BCUT2D eigenvalue weighted by Gasteiger charge is 2.65. The first-order valence-corrected chi connectivity index (χ1v) is 18.4. The van der Waals surface area contributed by atoms with Crippen molar-refractivity contribution in [2.45, 2.75) is 149 Å². The molecule has 1 aromatic rings. The largest absolute Gasteiger partial charge is 0.393 e. The van der Waals surface area contributed by atoms with Crippen LogP contribution in [0.3, 0.4) is 0 Å². The topological polar surface area (TPSA) is 81.0 Å². The first-order chi connectivity index (χ1) is 21.1. The molecule has 0 unspecified atom stereocenters. The minimum atomic E-state index is -0.378. The third-order valence-electron chi connectivity index (χ3n) is 13.7. The fourth-order valence-electron chi connectivity index (χ4n) is 11.0. The van der Waals surface area contributed by atoms with Crippen LogP contribution in [0, 0.1) is 46.3 Å². The smallest absolute Gasteiger partial charge is 0.222 e. The number of rotatable bonds is 13. The molecule has 0 aliphatic heterocycles. The second-order valence-electron chi connectivity index (χ2n) is 16.1. The van der Waals surface area contributed by atoms with Gasteiger partial charge in [-0.2, -0.15) is 0 Å². The zero-order valence-electron chi connectivity index (χ0n) is 28.3. The van der Waals surface area contributed by atoms with Gasteiger partial charge in [0.15, 0.2) is 0 Å². The van der Waals surface area contributed by atoms with Gasteiger partial charge < -0.3 is 20.2 Å². The number of aliphatic hydroxyl groups is 3. The van der Waals surface area contributed by atoms with Crippen LogP contribution >= 0.6 is 0 Å². The van der Waals surface area contributed by atoms with E-state index >= 15 is 0 Å². The first-order valence-electron chi connectivity index (χ1n) is 18.4. The van der Waals surface area contributed by atoms with Gasteiger partial charge in [-0.1, -0.05) is 90.1 Å². The van der Waals surface area contributed by atoms with E-state index in [9.17, 15) is 20.1 Å². The van der Waals surface area contributed by atoms with Crippen molar-refractivity contribution in [2.75, 3.05) is 6.54 Å². The Morgan fingerprint density at radius 3 is 2.41 bits per heavy atom. The highest BCUT2D eigenvalue weighted by molar-refractivity contribution is 5.76. The van der Waals surface area contributed by atoms with Gasteiger partial charge in [-0.3, -0.25) is 4.79 Å². The zero-order chi connectivity index (χ0) is 31.5. The van der Waals surface area contributed by atoms with Crippen LogP contribution in [-0.2, 0) is 11.3 Å². The molecule has 44 heavy (non-hydrogen) atoms. The highest BCUT2D eigenvalue weighted by Crippen LogP contribution is 2.68. The summed E-state index contributed by atoms with van der Waals surface area (Å²) in [5.41, 5.74) is 1.07. The maximum Gasteiger partial charge on any atom is 0.222 e. The quantitative estimate of drug-likeness (QED) is 0.200. The predicted octanol–water partition coefficient (Wildman–Crippen LogP) is 7.75. The van der Waals surface area contributed by atoms with Crippen molar-refractivity contribution >= 4 is 5.91 Å². The van der Waals surface area contributed by atoms with E-state index in [0.717, 1.165) is 64.3 Å². The summed E-state index contributed by atoms with van der Waals surface area (Å²) in [5, 5.41) is 33.9. The number of hydrogen-bond acceptors (Lipinski definition) is 4. The Morgan fingerprint density at radius 2 is 1.66 bits per heavy atom. The lowest BCUT2D eigenvalue weighted by Crippen LogP contribution is -2.62. The van der Waals surface area contributed by atoms with E-state index in [1.54, 1.807) is 0 Å². The normalized spacial score (nSPS) is 38.8. The van der Waals surface area contributed by atoms with E-state index in [4.69, 9.17) is 0 Å². The number of benzene rings is 1. The van der Waals surface area contributed by atoms with E-state index in [0.29, 0.717) is 42.6 Å². The average molecular weight is 610 g/mol. The number of unbranched alkanes of at least 4 members (excludes halogenated alkanes) is 5. The Kier molecular flexibility index (Phi) is 11.2. The van der Waals surface area contributed by atoms with Crippen molar-refractivity contribution in [1.82, 2.24) is 4.90 Å². The second kappa shape index (κ2) is 14.6. The molecule has 5 nitrogen and oxygen atoms in total. The lowest BCUT2D eigenvalue weighted by molar-refractivity contribution is -0.207. The number of amides is 1. The molecule has 0 saturated heterocycles. The Hall–Kier alpha value is -1.43. The minimum Gasteiger partial charge on any atom is -0.393 e. The molecular formula is C39H63NO4. The van der Waals surface area contributed by atoms with Gasteiger partial charge in [0.1, 0.15) is 0 Å². The third-order valence-corrected chi connectivity index (χ3v) is 13.7. The Labute approximate surface area is 268 Å². The first kappa shape index (κ1) is 33.9. The van der Waals surface area contributed by atoms with Crippen LogP contribution in [0.15, 0.2) is 30.3 Å². The molecule has 0 heterocycles. The summed E-state index contributed by atoms with van der Waals surface area (Å²) in [5.74, 6) is 2.19. The number of aliphatic hydroxyl groups excluding tert-OH is 3. The fraction of sp³-hybridized carbons (Fsp3) is 0.821. The van der Waals surface area contributed by atoms with Gasteiger partial charge in [0, 0.05) is 19.5 Å². The van der Waals surface area contributed by atoms with Crippen LogP contribution in [0.5, 0.6) is 0 Å². The van der Waals surface area contributed by atoms with Gasteiger partial charge in [-0.05, 0) is 110 Å². The molecule has 0 spiro atoms. The summed E-state index contributed by atoms with van der Waals surface area (Å²) >= 11 is 0. The van der Waals surface area contributed by atoms with Gasteiger partial charge in [-0.15, -0.1) is 0 Å². The molecule has 11 atom stereocenters. The van der Waals surface area contributed by atoms with Crippen LogP contribution in [0.1, 0.15) is 130 Å². The fourth-order valence-corrected chi connectivity index (χ4v) is 11.0. The lowest BCUT2D eigenvalue weighted by atomic mass is 9.43. The van der Waals surface area contributed by atoms with Crippen molar-refractivity contribution in [3.05, 3.63) is 35.9 Å². The molecule has 1 aromatic carbocycles. The number of hydrogen-bond donors (Lipinski definition) is 3. The SMILES string of the molecule is CCCCCCCCN(Cc1ccccc1)C(=O)CC[C@@H](C)[C@H]1CC[C@H]2[C@@H]3[C@H](O)C[C@@H]4C[C@H](O)CC[C@]4(C)[C@H]3C[C@H](O)[C@]12C. The molecule has 3 N–H and O–H groups in total. The van der Waals surface area contributed by atoms with Gasteiger partial charge >= 0.3 is 0 Å².